The normalized spacial score (nSPS) is 27.2. The van der Waals surface area contributed by atoms with Crippen molar-refractivity contribution < 1.29 is 4.79 Å². The Morgan fingerprint density at radius 1 is 1.38 bits per heavy atom. The molecule has 1 fully saturated rings. The smallest absolute Gasteiger partial charge is 0.244 e. The van der Waals surface area contributed by atoms with Crippen LogP contribution < -0.4 is 5.32 Å². The Morgan fingerprint density at radius 2 is 2.00 bits per heavy atom. The van der Waals surface area contributed by atoms with Crippen LogP contribution in [-0.4, -0.2) is 34.4 Å². The lowest BCUT2D eigenvalue weighted by atomic mass is 9.99. The Balaban J connectivity index is 2.36. The second-order valence-corrected chi connectivity index (χ2v) is 7.07. The largest absolute Gasteiger partial charge is 0.318 e. The molecule has 3 nitrogen and oxygen atoms in total. The highest BCUT2D eigenvalue weighted by Gasteiger charge is 2.48. The minimum Gasteiger partial charge on any atom is -0.318 e. The standard InChI is InChI=1S/C17H26N2OS/c1-6-17(4)16(20)19(13(3)11-21-5)15(18-17)14-9-7-12(2)8-10-14/h7-10,13,15,18H,6,11H2,1-5H3. The molecule has 2 rings (SSSR count). The average molecular weight is 306 g/mol. The van der Waals surface area contributed by atoms with Gasteiger partial charge in [0.2, 0.25) is 5.91 Å². The lowest BCUT2D eigenvalue weighted by molar-refractivity contribution is -0.134. The lowest BCUT2D eigenvalue weighted by Gasteiger charge is -2.30. The molecular weight excluding hydrogens is 280 g/mol. The Morgan fingerprint density at radius 3 is 2.52 bits per heavy atom. The fourth-order valence-electron chi connectivity index (χ4n) is 2.86. The molecule has 4 heteroatoms. The molecule has 0 spiro atoms. The summed E-state index contributed by atoms with van der Waals surface area (Å²) in [5, 5.41) is 3.56. The molecule has 1 heterocycles. The van der Waals surface area contributed by atoms with Gasteiger partial charge in [0.15, 0.2) is 0 Å². The first kappa shape index (κ1) is 16.4. The van der Waals surface area contributed by atoms with Gasteiger partial charge in [-0.3, -0.25) is 10.1 Å². The van der Waals surface area contributed by atoms with Gasteiger partial charge in [0.05, 0.1) is 5.54 Å². The highest BCUT2D eigenvalue weighted by molar-refractivity contribution is 7.98. The van der Waals surface area contributed by atoms with E-state index in [1.54, 1.807) is 11.8 Å². The first-order valence-electron chi connectivity index (χ1n) is 7.59. The van der Waals surface area contributed by atoms with Crippen LogP contribution >= 0.6 is 11.8 Å². The molecule has 3 unspecified atom stereocenters. The molecule has 0 aromatic heterocycles. The number of amides is 1. The van der Waals surface area contributed by atoms with E-state index in [2.05, 4.69) is 56.6 Å². The summed E-state index contributed by atoms with van der Waals surface area (Å²) in [6.07, 6.45) is 2.87. The maximum Gasteiger partial charge on any atom is 0.244 e. The molecule has 1 amide bonds. The minimum atomic E-state index is -0.456. The van der Waals surface area contributed by atoms with Gasteiger partial charge in [0.25, 0.3) is 0 Å². The monoisotopic (exact) mass is 306 g/mol. The van der Waals surface area contributed by atoms with Crippen molar-refractivity contribution in [2.45, 2.75) is 51.9 Å². The van der Waals surface area contributed by atoms with Crippen LogP contribution in [0.3, 0.4) is 0 Å². The van der Waals surface area contributed by atoms with Crippen molar-refractivity contribution in [3.8, 4) is 0 Å². The van der Waals surface area contributed by atoms with Crippen molar-refractivity contribution in [1.82, 2.24) is 10.2 Å². The lowest BCUT2D eigenvalue weighted by Crippen LogP contribution is -2.44. The molecular formula is C17H26N2OS. The fourth-order valence-corrected chi connectivity index (χ4v) is 3.50. The van der Waals surface area contributed by atoms with Gasteiger partial charge >= 0.3 is 0 Å². The predicted molar refractivity (Wildman–Crippen MR) is 90.4 cm³/mol. The van der Waals surface area contributed by atoms with Crippen LogP contribution in [0.4, 0.5) is 0 Å². The van der Waals surface area contributed by atoms with E-state index in [4.69, 9.17) is 0 Å². The molecule has 1 aromatic carbocycles. The van der Waals surface area contributed by atoms with Crippen molar-refractivity contribution in [2.75, 3.05) is 12.0 Å². The SMILES string of the molecule is CCC1(C)NC(c2ccc(C)cc2)N(C(C)CSC)C1=O. The summed E-state index contributed by atoms with van der Waals surface area (Å²) in [4.78, 5) is 14.9. The van der Waals surface area contributed by atoms with Crippen molar-refractivity contribution in [2.24, 2.45) is 0 Å². The third-order valence-electron chi connectivity index (χ3n) is 4.42. The van der Waals surface area contributed by atoms with E-state index >= 15 is 0 Å². The zero-order valence-corrected chi connectivity index (χ0v) is 14.5. The van der Waals surface area contributed by atoms with Gasteiger partial charge in [-0.15, -0.1) is 0 Å². The van der Waals surface area contributed by atoms with E-state index in [1.165, 1.54) is 11.1 Å². The molecule has 0 saturated carbocycles. The zero-order valence-electron chi connectivity index (χ0n) is 13.6. The molecule has 116 valence electrons. The average Bonchev–Trinajstić information content (AvgIpc) is 2.73. The quantitative estimate of drug-likeness (QED) is 0.905. The molecule has 21 heavy (non-hydrogen) atoms. The number of rotatable bonds is 5. The minimum absolute atomic E-state index is 0.0230. The second kappa shape index (κ2) is 6.41. The highest BCUT2D eigenvalue weighted by Crippen LogP contribution is 2.34. The van der Waals surface area contributed by atoms with E-state index in [0.29, 0.717) is 0 Å². The summed E-state index contributed by atoms with van der Waals surface area (Å²) >= 11 is 1.78. The highest BCUT2D eigenvalue weighted by atomic mass is 32.2. The van der Waals surface area contributed by atoms with Gasteiger partial charge in [0.1, 0.15) is 6.17 Å². The third-order valence-corrected chi connectivity index (χ3v) is 5.24. The van der Waals surface area contributed by atoms with Crippen molar-refractivity contribution in [1.29, 1.82) is 0 Å². The molecule has 1 N–H and O–H groups in total. The molecule has 1 saturated heterocycles. The maximum atomic E-state index is 12.9. The van der Waals surface area contributed by atoms with E-state index in [-0.39, 0.29) is 18.1 Å². The Labute approximate surface area is 132 Å². The van der Waals surface area contributed by atoms with Gasteiger partial charge in [-0.1, -0.05) is 36.8 Å². The Kier molecular flexibility index (Phi) is 4.99. The number of nitrogens with one attached hydrogen (secondary N) is 1. The van der Waals surface area contributed by atoms with E-state index in [9.17, 15) is 4.79 Å². The van der Waals surface area contributed by atoms with E-state index < -0.39 is 5.54 Å². The summed E-state index contributed by atoms with van der Waals surface area (Å²) in [6, 6.07) is 8.70. The van der Waals surface area contributed by atoms with Gasteiger partial charge in [0, 0.05) is 11.8 Å². The number of carbonyl (C=O) groups is 1. The number of carbonyl (C=O) groups excluding carboxylic acids is 1. The second-order valence-electron chi connectivity index (χ2n) is 6.16. The first-order chi connectivity index (χ1) is 9.92. The summed E-state index contributed by atoms with van der Waals surface area (Å²) in [5.74, 6) is 1.17. The van der Waals surface area contributed by atoms with Crippen LogP contribution in [0, 0.1) is 6.92 Å². The number of thioether (sulfide) groups is 1. The molecule has 1 aliphatic rings. The van der Waals surface area contributed by atoms with Crippen LogP contribution in [-0.2, 0) is 4.79 Å². The Bertz CT molecular complexity index is 502. The molecule has 1 aliphatic heterocycles. The number of nitrogens with zero attached hydrogens (tertiary/aromatic N) is 1. The number of aryl methyl sites for hydroxylation is 1. The van der Waals surface area contributed by atoms with Crippen LogP contribution in [0.1, 0.15) is 44.5 Å². The van der Waals surface area contributed by atoms with Crippen LogP contribution in [0.2, 0.25) is 0 Å². The molecule has 0 aliphatic carbocycles. The molecule has 0 bridgehead atoms. The fraction of sp³-hybridized carbons (Fsp3) is 0.588. The van der Waals surface area contributed by atoms with Crippen LogP contribution in [0.15, 0.2) is 24.3 Å². The number of hydrogen-bond acceptors (Lipinski definition) is 3. The number of benzene rings is 1. The van der Waals surface area contributed by atoms with Crippen molar-refractivity contribution >= 4 is 17.7 Å². The van der Waals surface area contributed by atoms with Gasteiger partial charge in [-0.05, 0) is 39.0 Å². The van der Waals surface area contributed by atoms with Crippen LogP contribution in [0.5, 0.6) is 0 Å². The topological polar surface area (TPSA) is 32.3 Å². The summed E-state index contributed by atoms with van der Waals surface area (Å²) in [7, 11) is 0. The summed E-state index contributed by atoms with van der Waals surface area (Å²) in [6.45, 7) is 8.31. The maximum absolute atomic E-state index is 12.9. The van der Waals surface area contributed by atoms with Crippen molar-refractivity contribution in [3.63, 3.8) is 0 Å². The van der Waals surface area contributed by atoms with E-state index in [1.807, 2.05) is 11.8 Å². The van der Waals surface area contributed by atoms with E-state index in [0.717, 1.165) is 12.2 Å². The Hall–Kier alpha value is -1.00. The van der Waals surface area contributed by atoms with Gasteiger partial charge in [-0.25, -0.2) is 0 Å². The summed E-state index contributed by atoms with van der Waals surface area (Å²) < 4.78 is 0. The van der Waals surface area contributed by atoms with Crippen molar-refractivity contribution in [3.05, 3.63) is 35.4 Å². The third kappa shape index (κ3) is 3.11. The zero-order chi connectivity index (χ0) is 15.6. The van der Waals surface area contributed by atoms with Crippen LogP contribution in [0.25, 0.3) is 0 Å². The molecule has 3 atom stereocenters. The summed E-state index contributed by atoms with van der Waals surface area (Å²) in [5.41, 5.74) is 1.95. The van der Waals surface area contributed by atoms with Gasteiger partial charge < -0.3 is 4.90 Å². The molecule has 0 radical (unpaired) electrons. The van der Waals surface area contributed by atoms with Gasteiger partial charge in [-0.2, -0.15) is 11.8 Å². The molecule has 1 aromatic rings. The predicted octanol–water partition coefficient (Wildman–Crippen LogP) is 3.35. The number of hydrogen-bond donors (Lipinski definition) is 1. The first-order valence-corrected chi connectivity index (χ1v) is 8.98.